The number of hydrogen-bond acceptors (Lipinski definition) is 4. The van der Waals surface area contributed by atoms with Gasteiger partial charge < -0.3 is 14.6 Å². The first kappa shape index (κ1) is 20.3. The number of rotatable bonds is 4. The number of alkyl halides is 3. The molecule has 1 aromatic rings. The van der Waals surface area contributed by atoms with E-state index in [1.165, 1.54) is 0 Å². The molecule has 3 fully saturated rings. The van der Waals surface area contributed by atoms with E-state index in [2.05, 4.69) is 4.90 Å². The molecule has 2 bridgehead atoms. The Morgan fingerprint density at radius 1 is 1.28 bits per heavy atom. The number of piperidine rings is 3. The Morgan fingerprint density at radius 2 is 2.03 bits per heavy atom. The highest BCUT2D eigenvalue weighted by Gasteiger charge is 2.52. The second kappa shape index (κ2) is 7.66. The number of halogens is 3. The molecule has 1 aromatic heterocycles. The third-order valence-corrected chi connectivity index (χ3v) is 6.32. The van der Waals surface area contributed by atoms with E-state index in [1.807, 2.05) is 24.4 Å². The minimum Gasteiger partial charge on any atom is -0.465 e. The number of carbonyl (C=O) groups is 2. The van der Waals surface area contributed by atoms with E-state index in [9.17, 15) is 22.8 Å². The summed E-state index contributed by atoms with van der Waals surface area (Å²) < 4.78 is 43.6. The zero-order chi connectivity index (χ0) is 20.8. The van der Waals surface area contributed by atoms with Crippen molar-refractivity contribution in [2.24, 2.45) is 11.8 Å². The van der Waals surface area contributed by atoms with E-state index in [0.717, 1.165) is 37.3 Å². The molecule has 0 saturated carbocycles. The Balaban J connectivity index is 1.55. The van der Waals surface area contributed by atoms with Gasteiger partial charge in [-0.3, -0.25) is 14.5 Å². The second-order valence-corrected chi connectivity index (χ2v) is 8.50. The summed E-state index contributed by atoms with van der Waals surface area (Å²) in [5.41, 5.74) is 0. The lowest BCUT2D eigenvalue weighted by atomic mass is 9.71. The Kier molecular flexibility index (Phi) is 5.35. The van der Waals surface area contributed by atoms with E-state index < -0.39 is 24.7 Å². The molecule has 0 radical (unpaired) electrons. The summed E-state index contributed by atoms with van der Waals surface area (Å²) in [5.74, 6) is 0.889. The van der Waals surface area contributed by atoms with Gasteiger partial charge >= 0.3 is 6.18 Å². The maximum Gasteiger partial charge on any atom is 0.405 e. The van der Waals surface area contributed by atoms with E-state index >= 15 is 0 Å². The molecule has 4 rings (SSSR count). The van der Waals surface area contributed by atoms with Crippen LogP contribution in [-0.2, 0) is 16.1 Å². The van der Waals surface area contributed by atoms with Crippen molar-refractivity contribution in [3.63, 3.8) is 0 Å². The molecule has 0 spiro atoms. The first-order valence-electron chi connectivity index (χ1n) is 10.1. The van der Waals surface area contributed by atoms with Crippen LogP contribution in [0, 0.1) is 18.8 Å². The van der Waals surface area contributed by atoms with Gasteiger partial charge in [0, 0.05) is 31.5 Å². The number of hydrogen-bond donors (Lipinski definition) is 1. The second-order valence-electron chi connectivity index (χ2n) is 8.50. The van der Waals surface area contributed by atoms with Gasteiger partial charge in [-0.1, -0.05) is 0 Å². The first-order chi connectivity index (χ1) is 13.7. The molecule has 4 heterocycles. The van der Waals surface area contributed by atoms with Gasteiger partial charge in [0.05, 0.1) is 6.54 Å². The van der Waals surface area contributed by atoms with Crippen molar-refractivity contribution in [1.82, 2.24) is 15.1 Å². The van der Waals surface area contributed by atoms with E-state index in [1.54, 1.807) is 4.90 Å². The summed E-state index contributed by atoms with van der Waals surface area (Å²) in [5, 5.41) is 2.02. The van der Waals surface area contributed by atoms with Crippen LogP contribution in [0.3, 0.4) is 0 Å². The lowest BCUT2D eigenvalue weighted by Crippen LogP contribution is -2.68. The molecular formula is C20H26F3N3O3. The maximum absolute atomic E-state index is 12.8. The Hall–Kier alpha value is -2.03. The SMILES string of the molecule is Cc1ccc(CN2C[C@@H]3C[C@H](C2)[C@H](C(=O)NCC(F)(F)F)N2C(=O)CCC[C@@H]32)o1. The zero-order valence-corrected chi connectivity index (χ0v) is 16.4. The molecule has 3 aliphatic heterocycles. The van der Waals surface area contributed by atoms with Crippen molar-refractivity contribution in [2.75, 3.05) is 19.6 Å². The van der Waals surface area contributed by atoms with Gasteiger partial charge in [-0.2, -0.15) is 13.2 Å². The van der Waals surface area contributed by atoms with Crippen molar-refractivity contribution in [2.45, 2.75) is 57.4 Å². The molecule has 0 aromatic carbocycles. The normalized spacial score (nSPS) is 30.2. The summed E-state index contributed by atoms with van der Waals surface area (Å²) in [4.78, 5) is 29.2. The number of aryl methyl sites for hydroxylation is 1. The molecule has 4 atom stereocenters. The number of furan rings is 1. The first-order valence-corrected chi connectivity index (χ1v) is 10.1. The standard InChI is InChI=1S/C20H26F3N3O3/c1-12-5-6-15(29-12)10-25-8-13-7-14(9-25)18(19(28)24-11-20(21,22)23)26-16(13)3-2-4-17(26)27/h5-6,13-14,16,18H,2-4,7-11H2,1H3,(H,24,28)/t13-,14+,16-,18+/m0/s1. The molecule has 3 saturated heterocycles. The van der Waals surface area contributed by atoms with Gasteiger partial charge in [-0.05, 0) is 44.2 Å². The minimum absolute atomic E-state index is 0.0877. The van der Waals surface area contributed by atoms with Crippen molar-refractivity contribution in [3.05, 3.63) is 23.7 Å². The molecular weight excluding hydrogens is 387 g/mol. The smallest absolute Gasteiger partial charge is 0.405 e. The number of carbonyl (C=O) groups excluding carboxylic acids is 2. The van der Waals surface area contributed by atoms with Crippen molar-refractivity contribution >= 4 is 11.8 Å². The summed E-state index contributed by atoms with van der Waals surface area (Å²) in [7, 11) is 0. The van der Waals surface area contributed by atoms with Crippen molar-refractivity contribution in [1.29, 1.82) is 0 Å². The van der Waals surface area contributed by atoms with Gasteiger partial charge in [0.25, 0.3) is 0 Å². The lowest BCUT2D eigenvalue weighted by Gasteiger charge is -2.55. The Bertz CT molecular complexity index is 779. The summed E-state index contributed by atoms with van der Waals surface area (Å²) in [6.45, 7) is 2.44. The van der Waals surface area contributed by atoms with Crippen LogP contribution >= 0.6 is 0 Å². The van der Waals surface area contributed by atoms with Crippen LogP contribution in [0.2, 0.25) is 0 Å². The van der Waals surface area contributed by atoms with Gasteiger partial charge in [0.1, 0.15) is 24.1 Å². The van der Waals surface area contributed by atoms with E-state index in [4.69, 9.17) is 4.42 Å². The lowest BCUT2D eigenvalue weighted by molar-refractivity contribution is -0.163. The fourth-order valence-electron chi connectivity index (χ4n) is 5.30. The fraction of sp³-hybridized carbons (Fsp3) is 0.700. The van der Waals surface area contributed by atoms with E-state index in [-0.39, 0.29) is 23.8 Å². The Morgan fingerprint density at radius 3 is 2.72 bits per heavy atom. The van der Waals surface area contributed by atoms with Crippen LogP contribution in [0.1, 0.15) is 37.2 Å². The number of amides is 2. The average molecular weight is 413 g/mol. The average Bonchev–Trinajstić information content (AvgIpc) is 3.05. The number of nitrogens with zero attached hydrogens (tertiary/aromatic N) is 2. The van der Waals surface area contributed by atoms with Gasteiger partial charge in [-0.25, -0.2) is 0 Å². The molecule has 9 heteroatoms. The topological polar surface area (TPSA) is 65.8 Å². The molecule has 1 N–H and O–H groups in total. The van der Waals surface area contributed by atoms with Crippen molar-refractivity contribution in [3.8, 4) is 0 Å². The molecule has 6 nitrogen and oxygen atoms in total. The van der Waals surface area contributed by atoms with Crippen molar-refractivity contribution < 1.29 is 27.2 Å². The van der Waals surface area contributed by atoms with Crippen LogP contribution in [0.4, 0.5) is 13.2 Å². The molecule has 3 aliphatic rings. The van der Waals surface area contributed by atoms with Gasteiger partial charge in [0.15, 0.2) is 0 Å². The zero-order valence-electron chi connectivity index (χ0n) is 16.4. The minimum atomic E-state index is -4.48. The number of fused-ring (bicyclic) bond motifs is 4. The predicted molar refractivity (Wildman–Crippen MR) is 97.7 cm³/mol. The number of nitrogens with one attached hydrogen (secondary N) is 1. The monoisotopic (exact) mass is 413 g/mol. The maximum atomic E-state index is 12.8. The summed E-state index contributed by atoms with van der Waals surface area (Å²) in [6, 6.07) is 2.89. The summed E-state index contributed by atoms with van der Waals surface area (Å²) in [6.07, 6.45) is -1.82. The summed E-state index contributed by atoms with van der Waals surface area (Å²) >= 11 is 0. The molecule has 29 heavy (non-hydrogen) atoms. The highest BCUT2D eigenvalue weighted by atomic mass is 19.4. The molecule has 2 amide bonds. The number of likely N-dealkylation sites (tertiary alicyclic amines) is 1. The van der Waals surface area contributed by atoms with Gasteiger partial charge in [-0.15, -0.1) is 0 Å². The highest BCUT2D eigenvalue weighted by Crippen LogP contribution is 2.42. The van der Waals surface area contributed by atoms with Gasteiger partial charge in [0.2, 0.25) is 11.8 Å². The van der Waals surface area contributed by atoms with Crippen LogP contribution in [0.25, 0.3) is 0 Å². The van der Waals surface area contributed by atoms with Crippen LogP contribution in [0.5, 0.6) is 0 Å². The fourth-order valence-corrected chi connectivity index (χ4v) is 5.30. The molecule has 0 aliphatic carbocycles. The third kappa shape index (κ3) is 4.29. The Labute approximate surface area is 167 Å². The van der Waals surface area contributed by atoms with E-state index in [0.29, 0.717) is 19.5 Å². The molecule has 160 valence electrons. The van der Waals surface area contributed by atoms with Crippen LogP contribution < -0.4 is 5.32 Å². The largest absolute Gasteiger partial charge is 0.465 e. The third-order valence-electron chi connectivity index (χ3n) is 6.32. The quantitative estimate of drug-likeness (QED) is 0.824. The van der Waals surface area contributed by atoms with Crippen LogP contribution in [-0.4, -0.2) is 59.5 Å². The highest BCUT2D eigenvalue weighted by molar-refractivity contribution is 5.89. The molecule has 0 unspecified atom stereocenters. The predicted octanol–water partition coefficient (Wildman–Crippen LogP) is 2.47. The van der Waals surface area contributed by atoms with Crippen LogP contribution in [0.15, 0.2) is 16.5 Å².